The van der Waals surface area contributed by atoms with Crippen LogP contribution in [-0.2, 0) is 0 Å². The summed E-state index contributed by atoms with van der Waals surface area (Å²) in [6.07, 6.45) is 5.53. The number of urea groups is 1. The minimum atomic E-state index is -0.414. The van der Waals surface area contributed by atoms with Crippen molar-refractivity contribution in [3.63, 3.8) is 0 Å². The molecule has 4 aromatic rings. The third-order valence-electron chi connectivity index (χ3n) is 5.42. The molecule has 5 rings (SSSR count). The predicted molar refractivity (Wildman–Crippen MR) is 116 cm³/mol. The molecule has 31 heavy (non-hydrogen) atoms. The number of carbonyl (C=O) groups is 1. The molecule has 4 heterocycles. The zero-order chi connectivity index (χ0) is 21.4. The summed E-state index contributed by atoms with van der Waals surface area (Å²) in [6.45, 7) is 3.42. The van der Waals surface area contributed by atoms with E-state index in [2.05, 4.69) is 20.3 Å². The molecule has 8 heteroatoms. The average molecular weight is 416 g/mol. The quantitative estimate of drug-likeness (QED) is 0.532. The van der Waals surface area contributed by atoms with Crippen molar-refractivity contribution in [2.75, 3.05) is 18.4 Å². The smallest absolute Gasteiger partial charge is 0.321 e. The normalized spacial score (nSPS) is 13.7. The number of amides is 2. The largest absolute Gasteiger partial charge is 0.325 e. The molecule has 0 aliphatic carbocycles. The summed E-state index contributed by atoms with van der Waals surface area (Å²) in [5.41, 5.74) is 3.79. The minimum absolute atomic E-state index is 0.165. The molecule has 1 saturated heterocycles. The van der Waals surface area contributed by atoms with Crippen molar-refractivity contribution < 1.29 is 9.18 Å². The van der Waals surface area contributed by atoms with Gasteiger partial charge in [-0.3, -0.25) is 9.38 Å². The van der Waals surface area contributed by atoms with Gasteiger partial charge in [0, 0.05) is 36.2 Å². The van der Waals surface area contributed by atoms with Crippen molar-refractivity contribution in [2.24, 2.45) is 0 Å². The first kappa shape index (κ1) is 19.2. The van der Waals surface area contributed by atoms with E-state index in [0.29, 0.717) is 22.7 Å². The van der Waals surface area contributed by atoms with Crippen LogP contribution in [0.15, 0.2) is 54.9 Å². The zero-order valence-corrected chi connectivity index (χ0v) is 17.0. The molecule has 0 unspecified atom stereocenters. The fourth-order valence-electron chi connectivity index (χ4n) is 3.82. The molecule has 1 aromatic carbocycles. The van der Waals surface area contributed by atoms with Gasteiger partial charge in [-0.25, -0.2) is 19.2 Å². The molecule has 1 N–H and O–H groups in total. The Kier molecular flexibility index (Phi) is 4.82. The molecule has 1 aliphatic heterocycles. The number of fused-ring (bicyclic) bond motifs is 1. The number of rotatable bonds is 3. The van der Waals surface area contributed by atoms with E-state index in [1.807, 2.05) is 29.5 Å². The lowest BCUT2D eigenvalue weighted by Crippen LogP contribution is -2.32. The minimum Gasteiger partial charge on any atom is -0.325 e. The van der Waals surface area contributed by atoms with E-state index < -0.39 is 5.82 Å². The van der Waals surface area contributed by atoms with Crippen LogP contribution in [-0.4, -0.2) is 43.4 Å². The first-order valence-corrected chi connectivity index (χ1v) is 10.2. The Bertz CT molecular complexity index is 1280. The number of aromatic nitrogens is 4. The van der Waals surface area contributed by atoms with E-state index in [0.717, 1.165) is 43.0 Å². The molecule has 0 saturated carbocycles. The van der Waals surface area contributed by atoms with Crippen LogP contribution in [0.25, 0.3) is 28.4 Å². The second kappa shape index (κ2) is 7.79. The fourth-order valence-corrected chi connectivity index (χ4v) is 3.82. The number of nitrogens with one attached hydrogen (secondary N) is 1. The summed E-state index contributed by atoms with van der Waals surface area (Å²) in [5, 5.41) is 2.85. The summed E-state index contributed by atoms with van der Waals surface area (Å²) < 4.78 is 16.4. The van der Waals surface area contributed by atoms with E-state index in [1.54, 1.807) is 35.5 Å². The number of anilines is 1. The molecule has 0 atom stereocenters. The summed E-state index contributed by atoms with van der Waals surface area (Å²) in [6, 6.07) is 11.9. The van der Waals surface area contributed by atoms with Gasteiger partial charge in [-0.1, -0.05) is 6.07 Å². The van der Waals surface area contributed by atoms with Gasteiger partial charge in [0.2, 0.25) is 5.78 Å². The number of benzene rings is 1. The highest BCUT2D eigenvalue weighted by molar-refractivity contribution is 5.90. The Balaban J connectivity index is 1.47. The van der Waals surface area contributed by atoms with E-state index in [1.165, 1.54) is 6.07 Å². The van der Waals surface area contributed by atoms with Gasteiger partial charge in [0.25, 0.3) is 0 Å². The SMILES string of the molecule is Cc1cccc(-c2cnc3nc(-c4cc(NC(=O)N5CCCC5)ccc4F)ccn23)n1. The maximum absolute atomic E-state index is 14.6. The summed E-state index contributed by atoms with van der Waals surface area (Å²) in [7, 11) is 0. The van der Waals surface area contributed by atoms with Crippen LogP contribution in [0.1, 0.15) is 18.5 Å². The van der Waals surface area contributed by atoms with Crippen LogP contribution < -0.4 is 5.32 Å². The third kappa shape index (κ3) is 3.72. The van der Waals surface area contributed by atoms with Crippen LogP contribution in [0.2, 0.25) is 0 Å². The molecule has 7 nitrogen and oxygen atoms in total. The lowest BCUT2D eigenvalue weighted by molar-refractivity contribution is 0.222. The van der Waals surface area contributed by atoms with Gasteiger partial charge in [-0.15, -0.1) is 0 Å². The summed E-state index contributed by atoms with van der Waals surface area (Å²) in [4.78, 5) is 27.6. The number of pyridine rings is 1. The number of aryl methyl sites for hydroxylation is 1. The molecule has 1 fully saturated rings. The highest BCUT2D eigenvalue weighted by Crippen LogP contribution is 2.27. The highest BCUT2D eigenvalue weighted by Gasteiger charge is 2.19. The number of halogens is 1. The van der Waals surface area contributed by atoms with E-state index in [-0.39, 0.29) is 6.03 Å². The Morgan fingerprint density at radius 1 is 1.06 bits per heavy atom. The monoisotopic (exact) mass is 416 g/mol. The van der Waals surface area contributed by atoms with Gasteiger partial charge in [0.15, 0.2) is 0 Å². The van der Waals surface area contributed by atoms with E-state index in [9.17, 15) is 9.18 Å². The average Bonchev–Trinajstić information content (AvgIpc) is 3.45. The van der Waals surface area contributed by atoms with Crippen molar-refractivity contribution in [1.82, 2.24) is 24.3 Å². The second-order valence-corrected chi connectivity index (χ2v) is 7.61. The molecule has 3 aromatic heterocycles. The van der Waals surface area contributed by atoms with Gasteiger partial charge < -0.3 is 10.2 Å². The topological polar surface area (TPSA) is 75.4 Å². The third-order valence-corrected chi connectivity index (χ3v) is 5.42. The molecule has 156 valence electrons. The Labute approximate surface area is 178 Å². The van der Waals surface area contributed by atoms with Crippen LogP contribution in [0.4, 0.5) is 14.9 Å². The molecule has 0 radical (unpaired) electrons. The van der Waals surface area contributed by atoms with Crippen molar-refractivity contribution in [3.8, 4) is 22.6 Å². The maximum Gasteiger partial charge on any atom is 0.321 e. The number of imidazole rings is 1. The van der Waals surface area contributed by atoms with Crippen LogP contribution >= 0.6 is 0 Å². The van der Waals surface area contributed by atoms with E-state index in [4.69, 9.17) is 0 Å². The zero-order valence-electron chi connectivity index (χ0n) is 17.0. The molecule has 1 aliphatic rings. The molecular weight excluding hydrogens is 395 g/mol. The van der Waals surface area contributed by atoms with Crippen LogP contribution in [0, 0.1) is 12.7 Å². The highest BCUT2D eigenvalue weighted by atomic mass is 19.1. The van der Waals surface area contributed by atoms with Crippen LogP contribution in [0.3, 0.4) is 0 Å². The number of likely N-dealkylation sites (tertiary alicyclic amines) is 1. The Hall–Kier alpha value is -3.81. The van der Waals surface area contributed by atoms with Crippen LogP contribution in [0.5, 0.6) is 0 Å². The molecule has 2 amide bonds. The first-order valence-electron chi connectivity index (χ1n) is 10.2. The van der Waals surface area contributed by atoms with Crippen molar-refractivity contribution in [1.29, 1.82) is 0 Å². The van der Waals surface area contributed by atoms with E-state index >= 15 is 0 Å². The Morgan fingerprint density at radius 3 is 2.71 bits per heavy atom. The number of hydrogen-bond donors (Lipinski definition) is 1. The molecule has 0 bridgehead atoms. The Morgan fingerprint density at radius 2 is 1.90 bits per heavy atom. The van der Waals surface area contributed by atoms with Gasteiger partial charge >= 0.3 is 6.03 Å². The van der Waals surface area contributed by atoms with Gasteiger partial charge in [-0.05, 0) is 56.2 Å². The van der Waals surface area contributed by atoms with Crippen molar-refractivity contribution in [2.45, 2.75) is 19.8 Å². The number of carbonyl (C=O) groups excluding carboxylic acids is 1. The van der Waals surface area contributed by atoms with Crippen molar-refractivity contribution in [3.05, 3.63) is 66.4 Å². The maximum atomic E-state index is 14.6. The number of nitrogens with zero attached hydrogens (tertiary/aromatic N) is 5. The lowest BCUT2D eigenvalue weighted by Gasteiger charge is -2.16. The predicted octanol–water partition coefficient (Wildman–Crippen LogP) is 4.53. The second-order valence-electron chi connectivity index (χ2n) is 7.61. The summed E-state index contributed by atoms with van der Waals surface area (Å²) >= 11 is 0. The number of hydrogen-bond acceptors (Lipinski definition) is 4. The van der Waals surface area contributed by atoms with Gasteiger partial charge in [0.1, 0.15) is 5.82 Å². The summed E-state index contributed by atoms with van der Waals surface area (Å²) in [5.74, 6) is 0.0323. The molecular formula is C23H21FN6O. The van der Waals surface area contributed by atoms with Gasteiger partial charge in [-0.2, -0.15) is 0 Å². The fraction of sp³-hybridized carbons (Fsp3) is 0.217. The lowest BCUT2D eigenvalue weighted by atomic mass is 10.1. The molecule has 0 spiro atoms. The van der Waals surface area contributed by atoms with Gasteiger partial charge in [0.05, 0.1) is 23.3 Å². The van der Waals surface area contributed by atoms with Crippen molar-refractivity contribution >= 4 is 17.5 Å². The first-order chi connectivity index (χ1) is 15.1. The standard InChI is InChI=1S/C23H21FN6O/c1-15-5-4-6-20(26-15)21-14-25-22-28-19(9-12-30(21)22)17-13-16(7-8-18(17)24)27-23(31)29-10-2-3-11-29/h4-9,12-14H,2-3,10-11H2,1H3,(H,27,31).